The van der Waals surface area contributed by atoms with Crippen molar-refractivity contribution in [2.75, 3.05) is 6.54 Å². The van der Waals surface area contributed by atoms with Gasteiger partial charge in [-0.1, -0.05) is 13.3 Å². The number of piperidine rings is 1. The second-order valence-corrected chi connectivity index (χ2v) is 8.13. The van der Waals surface area contributed by atoms with E-state index in [-0.39, 0.29) is 12.1 Å². The summed E-state index contributed by atoms with van der Waals surface area (Å²) in [7, 11) is -3.41. The molecule has 1 aromatic rings. The van der Waals surface area contributed by atoms with E-state index in [2.05, 4.69) is 6.92 Å². The number of halogens is 1. The molecule has 1 fully saturated rings. The first-order chi connectivity index (χ1) is 9.91. The van der Waals surface area contributed by atoms with Gasteiger partial charge in [-0.25, -0.2) is 8.42 Å². The summed E-state index contributed by atoms with van der Waals surface area (Å²) in [6.45, 7) is 6.75. The predicted molar refractivity (Wildman–Crippen MR) is 86.2 cm³/mol. The van der Waals surface area contributed by atoms with Crippen molar-refractivity contribution in [1.29, 1.82) is 0 Å². The van der Waals surface area contributed by atoms with Crippen molar-refractivity contribution in [3.8, 4) is 0 Å². The van der Waals surface area contributed by atoms with E-state index in [9.17, 15) is 8.42 Å². The highest BCUT2D eigenvalue weighted by Crippen LogP contribution is 2.29. The molecule has 0 radical (unpaired) electrons. The molecule has 1 aromatic heterocycles. The van der Waals surface area contributed by atoms with E-state index in [0.29, 0.717) is 17.3 Å². The monoisotopic (exact) mass is 332 g/mol. The van der Waals surface area contributed by atoms with Crippen LogP contribution in [0.4, 0.5) is 0 Å². The molecule has 0 amide bonds. The van der Waals surface area contributed by atoms with E-state index in [1.54, 1.807) is 16.6 Å². The molecule has 0 bridgehead atoms. The third-order valence-electron chi connectivity index (χ3n) is 4.25. The van der Waals surface area contributed by atoms with E-state index in [1.807, 2.05) is 18.4 Å². The average Bonchev–Trinajstić information content (AvgIpc) is 2.92. The summed E-state index contributed by atoms with van der Waals surface area (Å²) in [5.41, 5.74) is 0.857. The van der Waals surface area contributed by atoms with Crippen molar-refractivity contribution in [3.05, 3.63) is 18.0 Å². The first-order valence-corrected chi connectivity index (χ1v) is 9.67. The Balaban J connectivity index is 2.39. The fourth-order valence-electron chi connectivity index (χ4n) is 3.06. The molecule has 0 aromatic carbocycles. The summed E-state index contributed by atoms with van der Waals surface area (Å²) < 4.78 is 29.5. The van der Waals surface area contributed by atoms with Gasteiger partial charge in [0.1, 0.15) is 4.90 Å². The van der Waals surface area contributed by atoms with E-state index in [1.165, 1.54) is 0 Å². The minimum Gasteiger partial charge on any atom is -0.346 e. The maximum Gasteiger partial charge on any atom is 0.244 e. The lowest BCUT2D eigenvalue weighted by atomic mass is 10.0. The van der Waals surface area contributed by atoms with Crippen molar-refractivity contribution >= 4 is 21.6 Å². The van der Waals surface area contributed by atoms with Crippen LogP contribution in [0.3, 0.4) is 0 Å². The summed E-state index contributed by atoms with van der Waals surface area (Å²) in [4.78, 5) is 0.382. The molecular weight excluding hydrogens is 308 g/mol. The maximum absolute atomic E-state index is 12.9. The van der Waals surface area contributed by atoms with Gasteiger partial charge in [0.15, 0.2) is 0 Å². The van der Waals surface area contributed by atoms with Crippen LogP contribution in [0.25, 0.3) is 0 Å². The standard InChI is InChI=1S/C15H25ClN2O2S/c1-4-13-7-5-6-8-18(13)21(19,20)15-9-14(10-16)17(11-15)12(2)3/h9,11-13H,4-8,10H2,1-3H3. The van der Waals surface area contributed by atoms with Crippen molar-refractivity contribution in [2.45, 2.75) is 69.3 Å². The molecule has 21 heavy (non-hydrogen) atoms. The number of aromatic nitrogens is 1. The van der Waals surface area contributed by atoms with Crippen LogP contribution in [0, 0.1) is 0 Å². The molecule has 1 saturated heterocycles. The highest BCUT2D eigenvalue weighted by molar-refractivity contribution is 7.89. The zero-order chi connectivity index (χ0) is 15.6. The fourth-order valence-corrected chi connectivity index (χ4v) is 5.09. The Morgan fingerprint density at radius 1 is 1.38 bits per heavy atom. The molecule has 1 aliphatic rings. The average molecular weight is 333 g/mol. The molecule has 120 valence electrons. The maximum atomic E-state index is 12.9. The minimum absolute atomic E-state index is 0.130. The molecule has 0 N–H and O–H groups in total. The lowest BCUT2D eigenvalue weighted by Gasteiger charge is -2.33. The summed E-state index contributed by atoms with van der Waals surface area (Å²) in [6.07, 6.45) is 5.63. The van der Waals surface area contributed by atoms with E-state index >= 15 is 0 Å². The van der Waals surface area contributed by atoms with Gasteiger partial charge in [0.05, 0.1) is 5.88 Å². The van der Waals surface area contributed by atoms with E-state index in [4.69, 9.17) is 11.6 Å². The largest absolute Gasteiger partial charge is 0.346 e. The number of nitrogens with zero attached hydrogens (tertiary/aromatic N) is 2. The summed E-state index contributed by atoms with van der Waals surface area (Å²) in [6, 6.07) is 2.06. The van der Waals surface area contributed by atoms with Crippen LogP contribution in [0.2, 0.25) is 0 Å². The van der Waals surface area contributed by atoms with Crippen LogP contribution in [0.5, 0.6) is 0 Å². The molecule has 0 spiro atoms. The lowest BCUT2D eigenvalue weighted by molar-refractivity contribution is 0.246. The van der Waals surface area contributed by atoms with Crippen molar-refractivity contribution in [1.82, 2.24) is 8.87 Å². The normalized spacial score (nSPS) is 21.1. The first-order valence-electron chi connectivity index (χ1n) is 7.70. The SMILES string of the molecule is CCC1CCCCN1S(=O)(=O)c1cc(CCl)n(C(C)C)c1. The molecule has 0 saturated carbocycles. The topological polar surface area (TPSA) is 42.3 Å². The van der Waals surface area contributed by atoms with Gasteiger partial charge < -0.3 is 4.57 Å². The predicted octanol–water partition coefficient (Wildman–Crippen LogP) is 3.76. The van der Waals surface area contributed by atoms with Crippen molar-refractivity contribution in [3.63, 3.8) is 0 Å². The van der Waals surface area contributed by atoms with Crippen molar-refractivity contribution in [2.24, 2.45) is 0 Å². The van der Waals surface area contributed by atoms with Crippen LogP contribution < -0.4 is 0 Å². The molecule has 1 aliphatic heterocycles. The van der Waals surface area contributed by atoms with Crippen LogP contribution in [-0.4, -0.2) is 29.9 Å². The van der Waals surface area contributed by atoms with Crippen LogP contribution in [0.15, 0.2) is 17.2 Å². The number of hydrogen-bond acceptors (Lipinski definition) is 2. The molecule has 1 unspecified atom stereocenters. The Bertz CT molecular complexity index is 580. The molecule has 0 aliphatic carbocycles. The van der Waals surface area contributed by atoms with Gasteiger partial charge in [-0.3, -0.25) is 0 Å². The second kappa shape index (κ2) is 6.71. The Kier molecular flexibility index (Phi) is 5.38. The number of hydrogen-bond donors (Lipinski definition) is 0. The third kappa shape index (κ3) is 3.30. The Morgan fingerprint density at radius 3 is 2.62 bits per heavy atom. The second-order valence-electron chi connectivity index (χ2n) is 5.98. The van der Waals surface area contributed by atoms with E-state index < -0.39 is 10.0 Å². The Labute approximate surface area is 133 Å². The van der Waals surface area contributed by atoms with Gasteiger partial charge >= 0.3 is 0 Å². The molecule has 2 heterocycles. The lowest BCUT2D eigenvalue weighted by Crippen LogP contribution is -2.43. The van der Waals surface area contributed by atoms with Crippen LogP contribution in [-0.2, 0) is 15.9 Å². The third-order valence-corrected chi connectivity index (χ3v) is 6.44. The Morgan fingerprint density at radius 2 is 2.10 bits per heavy atom. The zero-order valence-electron chi connectivity index (χ0n) is 13.0. The smallest absolute Gasteiger partial charge is 0.244 e. The molecule has 6 heteroatoms. The van der Waals surface area contributed by atoms with E-state index in [0.717, 1.165) is 31.4 Å². The number of sulfonamides is 1. The zero-order valence-corrected chi connectivity index (χ0v) is 14.6. The Hall–Kier alpha value is -0.520. The van der Waals surface area contributed by atoms with Gasteiger partial charge in [0, 0.05) is 30.5 Å². The summed E-state index contributed by atoms with van der Waals surface area (Å²) >= 11 is 5.95. The highest BCUT2D eigenvalue weighted by Gasteiger charge is 2.33. The summed E-state index contributed by atoms with van der Waals surface area (Å²) in [5.74, 6) is 0.324. The quantitative estimate of drug-likeness (QED) is 0.770. The van der Waals surface area contributed by atoms with Gasteiger partial charge in [0.25, 0.3) is 0 Å². The molecule has 2 rings (SSSR count). The van der Waals surface area contributed by atoms with Gasteiger partial charge in [-0.05, 0) is 39.2 Å². The van der Waals surface area contributed by atoms with Gasteiger partial charge in [0.2, 0.25) is 10.0 Å². The fraction of sp³-hybridized carbons (Fsp3) is 0.733. The number of rotatable bonds is 5. The molecule has 1 atom stereocenters. The van der Waals surface area contributed by atoms with Crippen LogP contribution >= 0.6 is 11.6 Å². The first kappa shape index (κ1) is 16.8. The molecule has 4 nitrogen and oxygen atoms in total. The van der Waals surface area contributed by atoms with Crippen LogP contribution in [0.1, 0.15) is 58.2 Å². The molecular formula is C15H25ClN2O2S. The minimum atomic E-state index is -3.41. The summed E-state index contributed by atoms with van der Waals surface area (Å²) in [5, 5.41) is 0. The number of alkyl halides is 1. The van der Waals surface area contributed by atoms with Gasteiger partial charge in [-0.2, -0.15) is 4.31 Å². The highest BCUT2D eigenvalue weighted by atomic mass is 35.5. The van der Waals surface area contributed by atoms with Gasteiger partial charge in [-0.15, -0.1) is 11.6 Å². The van der Waals surface area contributed by atoms with Crippen molar-refractivity contribution < 1.29 is 8.42 Å².